The van der Waals surface area contributed by atoms with Crippen LogP contribution in [0.2, 0.25) is 0 Å². The normalized spacial score (nSPS) is 21.2. The Morgan fingerprint density at radius 3 is 2.39 bits per heavy atom. The van der Waals surface area contributed by atoms with Crippen molar-refractivity contribution in [3.63, 3.8) is 0 Å². The molecular weight excluding hydrogens is 459 g/mol. The smallest absolute Gasteiger partial charge is 0.418 e. The molecular formula is C29H31FN2O4. The van der Waals surface area contributed by atoms with E-state index in [9.17, 15) is 14.3 Å². The molecule has 1 saturated heterocycles. The molecule has 2 bridgehead atoms. The van der Waals surface area contributed by atoms with Crippen molar-refractivity contribution in [1.29, 1.82) is 0 Å². The van der Waals surface area contributed by atoms with Crippen LogP contribution in [0.1, 0.15) is 18.4 Å². The molecule has 5 rings (SSSR count). The fourth-order valence-electron chi connectivity index (χ4n) is 5.70. The molecule has 0 spiro atoms. The third kappa shape index (κ3) is 5.16. The summed E-state index contributed by atoms with van der Waals surface area (Å²) in [6, 6.07) is 20.9. The van der Waals surface area contributed by atoms with Crippen molar-refractivity contribution >= 4 is 17.5 Å². The van der Waals surface area contributed by atoms with Crippen molar-refractivity contribution < 1.29 is 23.8 Å². The summed E-state index contributed by atoms with van der Waals surface area (Å²) >= 11 is 0. The van der Waals surface area contributed by atoms with Gasteiger partial charge in [0.25, 0.3) is 0 Å². The number of halogens is 1. The van der Waals surface area contributed by atoms with Gasteiger partial charge in [0.2, 0.25) is 0 Å². The molecule has 7 heteroatoms. The van der Waals surface area contributed by atoms with Crippen molar-refractivity contribution in [2.45, 2.75) is 19.4 Å². The van der Waals surface area contributed by atoms with Gasteiger partial charge in [-0.1, -0.05) is 36.4 Å². The van der Waals surface area contributed by atoms with Crippen LogP contribution in [-0.2, 0) is 11.3 Å². The fourth-order valence-corrected chi connectivity index (χ4v) is 5.70. The van der Waals surface area contributed by atoms with E-state index in [0.29, 0.717) is 35.7 Å². The molecule has 0 aromatic heterocycles. The van der Waals surface area contributed by atoms with Gasteiger partial charge in [-0.3, -0.25) is 4.90 Å². The van der Waals surface area contributed by atoms with Gasteiger partial charge in [-0.25, -0.2) is 14.1 Å². The molecule has 1 heterocycles. The molecule has 2 fully saturated rings. The zero-order valence-electron chi connectivity index (χ0n) is 20.3. The number of ether oxygens (including phenoxy) is 2. The van der Waals surface area contributed by atoms with Gasteiger partial charge < -0.3 is 14.6 Å². The van der Waals surface area contributed by atoms with Gasteiger partial charge in [0.15, 0.2) is 11.5 Å². The number of piperidine rings is 1. The molecule has 2 atom stereocenters. The van der Waals surface area contributed by atoms with Crippen molar-refractivity contribution in [3.8, 4) is 11.5 Å². The van der Waals surface area contributed by atoms with E-state index in [2.05, 4.69) is 29.2 Å². The second kappa shape index (κ2) is 10.6. The summed E-state index contributed by atoms with van der Waals surface area (Å²) < 4.78 is 25.0. The molecule has 6 nitrogen and oxygen atoms in total. The Hall–Kier alpha value is -3.58. The third-order valence-electron chi connectivity index (χ3n) is 7.42. The molecule has 0 radical (unpaired) electrons. The van der Waals surface area contributed by atoms with Gasteiger partial charge in [0.1, 0.15) is 5.82 Å². The van der Waals surface area contributed by atoms with Crippen LogP contribution < -0.4 is 9.64 Å². The maximum Gasteiger partial charge on any atom is 0.418 e. The number of aromatic hydroxyl groups is 1. The lowest BCUT2D eigenvalue weighted by Gasteiger charge is -2.38. The van der Waals surface area contributed by atoms with Crippen LogP contribution >= 0.6 is 0 Å². The number of carbonyl (C=O) groups is 1. The minimum absolute atomic E-state index is 0.118. The number of likely N-dealkylation sites (tertiary alicyclic amines) is 1. The van der Waals surface area contributed by atoms with Gasteiger partial charge in [-0.2, -0.15) is 0 Å². The summed E-state index contributed by atoms with van der Waals surface area (Å²) in [6.07, 6.45) is 1.67. The van der Waals surface area contributed by atoms with Crippen molar-refractivity contribution in [1.82, 2.24) is 4.90 Å². The lowest BCUT2D eigenvalue weighted by molar-refractivity contribution is 0.0514. The van der Waals surface area contributed by atoms with E-state index >= 15 is 0 Å². The van der Waals surface area contributed by atoms with Crippen LogP contribution in [0.15, 0.2) is 72.8 Å². The number of phenolic OH excluding ortho intramolecular Hbond substituents is 1. The minimum Gasteiger partial charge on any atom is -0.504 e. The summed E-state index contributed by atoms with van der Waals surface area (Å²) in [5.74, 6) is 0.963. The number of amides is 1. The van der Waals surface area contributed by atoms with Crippen LogP contribution in [0.25, 0.3) is 0 Å². The lowest BCUT2D eigenvalue weighted by atomic mass is 9.85. The average molecular weight is 491 g/mol. The Bertz CT molecular complexity index is 1190. The van der Waals surface area contributed by atoms with E-state index in [1.165, 1.54) is 41.8 Å². The standard InChI is InChI=1S/C29H31FN2O4/c1-35-28-13-12-25(15-27(28)33)32(24-9-5-8-23(30)14-24)29(34)36-19-26-21-10-11-22(26)18-31(17-21)16-20-6-3-2-4-7-20/h2-9,12-15,21-22,26,33H,10-11,16-19H2,1H3. The summed E-state index contributed by atoms with van der Waals surface area (Å²) in [5.41, 5.74) is 2.00. The molecule has 36 heavy (non-hydrogen) atoms. The quantitative estimate of drug-likeness (QED) is 0.442. The van der Waals surface area contributed by atoms with Crippen molar-refractivity contribution in [2.24, 2.45) is 17.8 Å². The number of rotatable bonds is 7. The molecule has 1 N–H and O–H groups in total. The Balaban J connectivity index is 1.29. The first-order chi connectivity index (χ1) is 17.5. The second-order valence-corrected chi connectivity index (χ2v) is 9.69. The van der Waals surface area contributed by atoms with Gasteiger partial charge >= 0.3 is 6.09 Å². The topological polar surface area (TPSA) is 62.2 Å². The average Bonchev–Trinajstić information content (AvgIpc) is 3.11. The van der Waals surface area contributed by atoms with E-state index in [1.54, 1.807) is 18.2 Å². The molecule has 3 aromatic carbocycles. The number of phenols is 1. The fraction of sp³-hybridized carbons (Fsp3) is 0.345. The highest BCUT2D eigenvalue weighted by Crippen LogP contribution is 2.43. The number of anilines is 2. The largest absolute Gasteiger partial charge is 0.504 e. The first-order valence-corrected chi connectivity index (χ1v) is 12.4. The van der Waals surface area contributed by atoms with Crippen LogP contribution in [0.5, 0.6) is 11.5 Å². The SMILES string of the molecule is COc1ccc(N(C(=O)OCC2C3CCC2CN(Cc2ccccc2)C3)c2cccc(F)c2)cc1O. The second-order valence-electron chi connectivity index (χ2n) is 9.69. The Kier molecular flexibility index (Phi) is 7.09. The highest BCUT2D eigenvalue weighted by molar-refractivity contribution is 5.96. The van der Waals surface area contributed by atoms with Gasteiger partial charge in [0.05, 0.1) is 25.1 Å². The molecule has 188 valence electrons. The summed E-state index contributed by atoms with van der Waals surface area (Å²) in [5, 5.41) is 10.3. The molecule has 1 saturated carbocycles. The Morgan fingerprint density at radius 1 is 1.00 bits per heavy atom. The summed E-state index contributed by atoms with van der Waals surface area (Å²) in [4.78, 5) is 17.2. The highest BCUT2D eigenvalue weighted by atomic mass is 19.1. The van der Waals surface area contributed by atoms with Gasteiger partial charge in [0, 0.05) is 31.6 Å². The number of benzene rings is 3. The van der Waals surface area contributed by atoms with Crippen LogP contribution in [0.3, 0.4) is 0 Å². The van der Waals surface area contributed by atoms with Crippen LogP contribution in [-0.4, -0.2) is 42.9 Å². The number of nitrogens with zero attached hydrogens (tertiary/aromatic N) is 2. The van der Waals surface area contributed by atoms with Crippen LogP contribution in [0, 0.1) is 23.6 Å². The van der Waals surface area contributed by atoms with E-state index in [0.717, 1.165) is 32.5 Å². The third-order valence-corrected chi connectivity index (χ3v) is 7.42. The first-order valence-electron chi connectivity index (χ1n) is 12.4. The predicted molar refractivity (Wildman–Crippen MR) is 136 cm³/mol. The number of hydrogen-bond donors (Lipinski definition) is 1. The Labute approximate surface area is 210 Å². The molecule has 2 aliphatic rings. The van der Waals surface area contributed by atoms with E-state index < -0.39 is 11.9 Å². The maximum atomic E-state index is 14.0. The number of carbonyl (C=O) groups excluding carboxylic acids is 1. The molecule has 3 aromatic rings. The van der Waals surface area contributed by atoms with Crippen molar-refractivity contribution in [2.75, 3.05) is 31.7 Å². The van der Waals surface area contributed by atoms with Gasteiger partial charge in [-0.15, -0.1) is 0 Å². The zero-order valence-corrected chi connectivity index (χ0v) is 20.3. The predicted octanol–water partition coefficient (Wildman–Crippen LogP) is 5.97. The van der Waals surface area contributed by atoms with Gasteiger partial charge in [-0.05, 0) is 60.6 Å². The van der Waals surface area contributed by atoms with E-state index in [-0.39, 0.29) is 11.5 Å². The molecule has 1 amide bonds. The molecule has 1 aliphatic heterocycles. The molecule has 1 aliphatic carbocycles. The van der Waals surface area contributed by atoms with Crippen molar-refractivity contribution in [3.05, 3.63) is 84.2 Å². The molecule has 2 unspecified atom stereocenters. The van der Waals surface area contributed by atoms with E-state index in [1.807, 2.05) is 6.07 Å². The lowest BCUT2D eigenvalue weighted by Crippen LogP contribution is -2.43. The maximum absolute atomic E-state index is 14.0. The number of fused-ring (bicyclic) bond motifs is 2. The van der Waals surface area contributed by atoms with Crippen LogP contribution in [0.4, 0.5) is 20.6 Å². The number of methoxy groups -OCH3 is 1. The zero-order chi connectivity index (χ0) is 25.1. The monoisotopic (exact) mass is 490 g/mol. The summed E-state index contributed by atoms with van der Waals surface area (Å²) in [6.45, 7) is 3.25. The minimum atomic E-state index is -0.601. The van der Waals surface area contributed by atoms with E-state index in [4.69, 9.17) is 9.47 Å². The Morgan fingerprint density at radius 2 is 1.72 bits per heavy atom. The first kappa shape index (κ1) is 24.1. The highest BCUT2D eigenvalue weighted by Gasteiger charge is 2.42. The number of hydrogen-bond acceptors (Lipinski definition) is 5. The summed E-state index contributed by atoms with van der Waals surface area (Å²) in [7, 11) is 1.45.